The van der Waals surface area contributed by atoms with Gasteiger partial charge in [0, 0.05) is 42.8 Å². The van der Waals surface area contributed by atoms with E-state index < -0.39 is 0 Å². The van der Waals surface area contributed by atoms with E-state index >= 15 is 0 Å². The van der Waals surface area contributed by atoms with Gasteiger partial charge in [-0.3, -0.25) is 9.69 Å². The van der Waals surface area contributed by atoms with Crippen LogP contribution < -0.4 is 10.9 Å². The molecule has 2 aliphatic rings. The van der Waals surface area contributed by atoms with Gasteiger partial charge in [-0.2, -0.15) is 0 Å². The van der Waals surface area contributed by atoms with E-state index in [1.54, 1.807) is 17.0 Å². The van der Waals surface area contributed by atoms with Crippen molar-refractivity contribution < 1.29 is 9.18 Å². The molecule has 0 aromatic heterocycles. The van der Waals surface area contributed by atoms with Gasteiger partial charge in [-0.1, -0.05) is 29.8 Å². The van der Waals surface area contributed by atoms with Gasteiger partial charge in [0.15, 0.2) is 0 Å². The minimum Gasteiger partial charge on any atom is -0.336 e. The van der Waals surface area contributed by atoms with E-state index in [2.05, 4.69) is 15.8 Å². The number of hydrogen-bond acceptors (Lipinski definition) is 4. The van der Waals surface area contributed by atoms with E-state index in [0.29, 0.717) is 18.7 Å². The van der Waals surface area contributed by atoms with E-state index in [1.165, 1.54) is 17.7 Å². The van der Waals surface area contributed by atoms with Crippen LogP contribution in [-0.2, 0) is 0 Å². The lowest BCUT2D eigenvalue weighted by Gasteiger charge is -2.37. The molecule has 0 radical (unpaired) electrons. The summed E-state index contributed by atoms with van der Waals surface area (Å²) in [5.74, 6) is -0.486. The molecule has 27 heavy (non-hydrogen) atoms. The van der Waals surface area contributed by atoms with Crippen LogP contribution >= 0.6 is 11.6 Å². The number of nitrogens with zero attached hydrogens (tertiary/aromatic N) is 2. The van der Waals surface area contributed by atoms with Gasteiger partial charge in [0.25, 0.3) is 5.91 Å². The van der Waals surface area contributed by atoms with Gasteiger partial charge in [-0.25, -0.2) is 15.2 Å². The molecule has 0 aliphatic carbocycles. The van der Waals surface area contributed by atoms with Gasteiger partial charge < -0.3 is 4.90 Å². The van der Waals surface area contributed by atoms with Gasteiger partial charge in [0.2, 0.25) is 0 Å². The van der Waals surface area contributed by atoms with Crippen molar-refractivity contribution in [2.75, 3.05) is 26.2 Å². The zero-order chi connectivity index (χ0) is 18.8. The molecule has 0 spiro atoms. The summed E-state index contributed by atoms with van der Waals surface area (Å²) in [4.78, 5) is 16.7. The first kappa shape index (κ1) is 18.4. The number of benzene rings is 2. The number of hydrogen-bond donors (Lipinski definition) is 2. The number of nitrogens with one attached hydrogen (secondary N) is 2. The topological polar surface area (TPSA) is 47.6 Å². The largest absolute Gasteiger partial charge is 0.336 e. The monoisotopic (exact) mass is 388 g/mol. The van der Waals surface area contributed by atoms with Crippen LogP contribution in [0.2, 0.25) is 5.02 Å². The summed E-state index contributed by atoms with van der Waals surface area (Å²) in [7, 11) is 0. The minimum atomic E-state index is -0.381. The lowest BCUT2D eigenvalue weighted by molar-refractivity contribution is 0.0544. The Bertz CT molecular complexity index is 808. The summed E-state index contributed by atoms with van der Waals surface area (Å²) in [6.07, 6.45) is 1.16. The normalized spacial score (nSPS) is 23.6. The quantitative estimate of drug-likeness (QED) is 0.848. The summed E-state index contributed by atoms with van der Waals surface area (Å²) < 4.78 is 13.4. The smallest absolute Gasteiger partial charge is 0.254 e. The maximum atomic E-state index is 13.4. The zero-order valence-corrected chi connectivity index (χ0v) is 15.6. The van der Waals surface area contributed by atoms with Crippen LogP contribution in [0.1, 0.15) is 28.4 Å². The van der Waals surface area contributed by atoms with Crippen molar-refractivity contribution >= 4 is 17.5 Å². The first-order valence-corrected chi connectivity index (χ1v) is 9.53. The summed E-state index contributed by atoms with van der Waals surface area (Å²) in [6.45, 7) is 2.85. The summed E-state index contributed by atoms with van der Waals surface area (Å²) in [5, 5.41) is 0.736. The Balaban J connectivity index is 1.32. The number of piperazine rings is 1. The van der Waals surface area contributed by atoms with Crippen LogP contribution in [0, 0.1) is 5.82 Å². The molecule has 2 unspecified atom stereocenters. The molecule has 1 amide bonds. The average molecular weight is 389 g/mol. The van der Waals surface area contributed by atoms with Crippen molar-refractivity contribution in [3.8, 4) is 0 Å². The highest BCUT2D eigenvalue weighted by atomic mass is 35.5. The molecular weight excluding hydrogens is 367 g/mol. The molecular formula is C20H22ClFN4O. The maximum Gasteiger partial charge on any atom is 0.254 e. The van der Waals surface area contributed by atoms with Gasteiger partial charge in [-0.05, 0) is 42.3 Å². The molecule has 0 bridgehead atoms. The van der Waals surface area contributed by atoms with Crippen molar-refractivity contribution in [1.29, 1.82) is 0 Å². The van der Waals surface area contributed by atoms with Gasteiger partial charge in [0.1, 0.15) is 5.82 Å². The van der Waals surface area contributed by atoms with Crippen molar-refractivity contribution in [1.82, 2.24) is 20.7 Å². The van der Waals surface area contributed by atoms with E-state index in [9.17, 15) is 9.18 Å². The molecule has 2 atom stereocenters. The Kier molecular flexibility index (Phi) is 5.41. The third-order valence-electron chi connectivity index (χ3n) is 5.27. The Morgan fingerprint density at radius 2 is 1.78 bits per heavy atom. The number of hydrazine groups is 1. The Hall–Kier alpha value is -1.99. The van der Waals surface area contributed by atoms with Gasteiger partial charge >= 0.3 is 0 Å². The fourth-order valence-electron chi connectivity index (χ4n) is 3.73. The second kappa shape index (κ2) is 7.94. The average Bonchev–Trinajstić information content (AvgIpc) is 3.18. The van der Waals surface area contributed by atoms with E-state index in [0.717, 1.165) is 24.5 Å². The summed E-state index contributed by atoms with van der Waals surface area (Å²) in [6, 6.07) is 14.0. The summed E-state index contributed by atoms with van der Waals surface area (Å²) >= 11 is 5.96. The van der Waals surface area contributed by atoms with Crippen LogP contribution in [0.4, 0.5) is 4.39 Å². The van der Waals surface area contributed by atoms with E-state index in [1.807, 2.05) is 24.3 Å². The van der Waals surface area contributed by atoms with Crippen LogP contribution in [0.3, 0.4) is 0 Å². The molecule has 2 aromatic carbocycles. The molecule has 0 saturated carbocycles. The fraction of sp³-hybridized carbons (Fsp3) is 0.350. The van der Waals surface area contributed by atoms with Gasteiger partial charge in [-0.15, -0.1) is 0 Å². The van der Waals surface area contributed by atoms with E-state index in [4.69, 9.17) is 11.6 Å². The standard InChI is InChI=1S/C20H22ClFN4O/c21-16-6-4-14(5-7-16)18-13-19(24-23-18)25-8-10-26(11-9-25)20(27)15-2-1-3-17(22)12-15/h1-7,12,18-19,23-24H,8-11,13H2. The molecule has 2 heterocycles. The molecule has 142 valence electrons. The van der Waals surface area contributed by atoms with Crippen LogP contribution in [0.5, 0.6) is 0 Å². The molecule has 5 nitrogen and oxygen atoms in total. The lowest BCUT2D eigenvalue weighted by Crippen LogP contribution is -2.55. The van der Waals surface area contributed by atoms with E-state index in [-0.39, 0.29) is 23.9 Å². The van der Waals surface area contributed by atoms with Crippen molar-refractivity contribution in [2.24, 2.45) is 0 Å². The second-order valence-electron chi connectivity index (χ2n) is 6.98. The summed E-state index contributed by atoms with van der Waals surface area (Å²) in [5.41, 5.74) is 8.32. The highest BCUT2D eigenvalue weighted by Crippen LogP contribution is 2.25. The highest BCUT2D eigenvalue weighted by molar-refractivity contribution is 6.30. The van der Waals surface area contributed by atoms with Crippen LogP contribution in [0.25, 0.3) is 0 Å². The Morgan fingerprint density at radius 1 is 1.04 bits per heavy atom. The zero-order valence-electron chi connectivity index (χ0n) is 14.9. The highest BCUT2D eigenvalue weighted by Gasteiger charge is 2.32. The number of carbonyl (C=O) groups is 1. The predicted molar refractivity (Wildman–Crippen MR) is 103 cm³/mol. The SMILES string of the molecule is O=C(c1cccc(F)c1)N1CCN(C2CC(c3ccc(Cl)cc3)NN2)CC1. The Labute approximate surface area is 163 Å². The first-order valence-electron chi connectivity index (χ1n) is 9.15. The number of amides is 1. The van der Waals surface area contributed by atoms with Gasteiger partial charge in [0.05, 0.1) is 6.17 Å². The molecule has 2 aliphatic heterocycles. The molecule has 4 rings (SSSR count). The molecule has 2 aromatic rings. The Morgan fingerprint density at radius 3 is 2.48 bits per heavy atom. The van der Waals surface area contributed by atoms with Crippen molar-refractivity contribution in [3.05, 3.63) is 70.5 Å². The van der Waals surface area contributed by atoms with Crippen molar-refractivity contribution in [2.45, 2.75) is 18.6 Å². The molecule has 2 fully saturated rings. The molecule has 7 heteroatoms. The minimum absolute atomic E-state index is 0.106. The lowest BCUT2D eigenvalue weighted by atomic mass is 10.0. The second-order valence-corrected chi connectivity index (χ2v) is 7.42. The molecule has 2 saturated heterocycles. The molecule has 2 N–H and O–H groups in total. The first-order chi connectivity index (χ1) is 13.1. The fourth-order valence-corrected chi connectivity index (χ4v) is 3.86. The van der Waals surface area contributed by atoms with Crippen molar-refractivity contribution in [3.63, 3.8) is 0 Å². The third kappa shape index (κ3) is 4.14. The van der Waals surface area contributed by atoms with Crippen LogP contribution in [0.15, 0.2) is 48.5 Å². The number of carbonyl (C=O) groups excluding carboxylic acids is 1. The third-order valence-corrected chi connectivity index (χ3v) is 5.52. The maximum absolute atomic E-state index is 13.4. The van der Waals surface area contributed by atoms with Crippen LogP contribution in [-0.4, -0.2) is 48.1 Å². The predicted octanol–water partition coefficient (Wildman–Crippen LogP) is 2.80. The number of rotatable bonds is 3. The number of halogens is 2.